The van der Waals surface area contributed by atoms with Crippen LogP contribution in [0.25, 0.3) is 0 Å². The van der Waals surface area contributed by atoms with Gasteiger partial charge in [-0.2, -0.15) is 0 Å². The van der Waals surface area contributed by atoms with Gasteiger partial charge in [-0.3, -0.25) is 4.90 Å². The highest BCUT2D eigenvalue weighted by Crippen LogP contribution is 2.35. The van der Waals surface area contributed by atoms with Gasteiger partial charge in [-0.25, -0.2) is 13.1 Å². The molecule has 1 N–H and O–H groups in total. The van der Waals surface area contributed by atoms with Crippen LogP contribution in [-0.2, 0) is 10.0 Å². The van der Waals surface area contributed by atoms with Gasteiger partial charge < -0.3 is 4.74 Å². The van der Waals surface area contributed by atoms with Gasteiger partial charge >= 0.3 is 0 Å². The predicted octanol–water partition coefficient (Wildman–Crippen LogP) is 3.26. The fourth-order valence-electron chi connectivity index (χ4n) is 2.83. The number of piperidine rings is 1. The van der Waals surface area contributed by atoms with Crippen LogP contribution in [-0.4, -0.2) is 46.1 Å². The summed E-state index contributed by atoms with van der Waals surface area (Å²) < 4.78 is 33.5. The average Bonchev–Trinajstić information content (AvgIpc) is 2.48. The minimum atomic E-state index is -3.68. The van der Waals surface area contributed by atoms with Crippen LogP contribution < -0.4 is 9.46 Å². The number of nitrogens with one attached hydrogen (secondary N) is 1. The summed E-state index contributed by atoms with van der Waals surface area (Å²) in [5, 5.41) is 0.336. The molecule has 1 aliphatic heterocycles. The van der Waals surface area contributed by atoms with Gasteiger partial charge in [0, 0.05) is 24.2 Å². The fraction of sp³-hybridized carbons (Fsp3) is 0.600. The van der Waals surface area contributed by atoms with Crippen molar-refractivity contribution in [1.82, 2.24) is 9.62 Å². The van der Waals surface area contributed by atoms with Crippen molar-refractivity contribution < 1.29 is 13.2 Å². The molecular weight excluding hydrogens is 404 g/mol. The van der Waals surface area contributed by atoms with Crippen LogP contribution in [0.2, 0.25) is 5.02 Å². The van der Waals surface area contributed by atoms with Gasteiger partial charge in [-0.15, -0.1) is 0 Å². The number of halogens is 2. The third-order valence-corrected chi connectivity index (χ3v) is 6.37. The van der Waals surface area contributed by atoms with E-state index < -0.39 is 10.0 Å². The van der Waals surface area contributed by atoms with Crippen LogP contribution in [0.3, 0.4) is 0 Å². The third kappa shape index (κ3) is 4.82. The maximum Gasteiger partial charge on any atom is 0.244 e. The van der Waals surface area contributed by atoms with E-state index in [9.17, 15) is 8.42 Å². The van der Waals surface area contributed by atoms with Crippen molar-refractivity contribution in [1.29, 1.82) is 0 Å². The second-order valence-electron chi connectivity index (χ2n) is 5.70. The number of hydrogen-bond donors (Lipinski definition) is 1. The maximum atomic E-state index is 12.6. The lowest BCUT2D eigenvalue weighted by molar-refractivity contribution is 0.164. The number of likely N-dealkylation sites (tertiary alicyclic amines) is 1. The minimum Gasteiger partial charge on any atom is -0.494 e. The minimum absolute atomic E-state index is 0.0473. The van der Waals surface area contributed by atoms with Crippen molar-refractivity contribution in [3.63, 3.8) is 0 Å². The summed E-state index contributed by atoms with van der Waals surface area (Å²) in [6.07, 6.45) is 3.59. The smallest absolute Gasteiger partial charge is 0.244 e. The number of nitrogens with zero attached hydrogens (tertiary/aromatic N) is 1. The Morgan fingerprint density at radius 1 is 1.43 bits per heavy atom. The van der Waals surface area contributed by atoms with E-state index >= 15 is 0 Å². The first-order valence-electron chi connectivity index (χ1n) is 7.62. The Morgan fingerprint density at radius 3 is 2.83 bits per heavy atom. The summed E-state index contributed by atoms with van der Waals surface area (Å²) >= 11 is 9.25. The number of rotatable bonds is 6. The lowest BCUT2D eigenvalue weighted by Crippen LogP contribution is -2.42. The molecule has 5 nitrogen and oxygen atoms in total. The molecule has 0 aliphatic carbocycles. The summed E-state index contributed by atoms with van der Waals surface area (Å²) in [6.45, 7) is 4.27. The third-order valence-electron chi connectivity index (χ3n) is 4.10. The van der Waals surface area contributed by atoms with Crippen molar-refractivity contribution in [3.8, 4) is 5.75 Å². The van der Waals surface area contributed by atoms with Crippen LogP contribution in [0.4, 0.5) is 0 Å². The van der Waals surface area contributed by atoms with Gasteiger partial charge in [0.25, 0.3) is 0 Å². The van der Waals surface area contributed by atoms with E-state index in [1.54, 1.807) is 6.07 Å². The monoisotopic (exact) mass is 424 g/mol. The van der Waals surface area contributed by atoms with E-state index in [0.717, 1.165) is 6.54 Å². The quantitative estimate of drug-likeness (QED) is 0.760. The predicted molar refractivity (Wildman–Crippen MR) is 95.8 cm³/mol. The van der Waals surface area contributed by atoms with Gasteiger partial charge in [-0.1, -0.05) is 18.0 Å². The molecule has 1 fully saturated rings. The fourth-order valence-corrected chi connectivity index (χ4v) is 5.23. The Balaban J connectivity index is 2.07. The molecule has 0 amide bonds. The molecule has 1 heterocycles. The Labute approximate surface area is 151 Å². The molecule has 8 heteroatoms. The van der Waals surface area contributed by atoms with Crippen molar-refractivity contribution in [2.75, 3.05) is 26.7 Å². The lowest BCUT2D eigenvalue weighted by Gasteiger charge is -2.33. The molecule has 1 aliphatic rings. The second-order valence-corrected chi connectivity index (χ2v) is 8.72. The highest BCUT2D eigenvalue weighted by atomic mass is 79.9. The molecule has 0 radical (unpaired) electrons. The Morgan fingerprint density at radius 2 is 2.17 bits per heavy atom. The highest BCUT2D eigenvalue weighted by molar-refractivity contribution is 9.10. The van der Waals surface area contributed by atoms with Crippen LogP contribution >= 0.6 is 27.5 Å². The summed E-state index contributed by atoms with van der Waals surface area (Å²) in [5.74, 6) is 0.258. The topological polar surface area (TPSA) is 58.6 Å². The molecular formula is C15H22BrClN2O3S. The molecule has 0 bridgehead atoms. The average molecular weight is 426 g/mol. The maximum absolute atomic E-state index is 12.6. The summed E-state index contributed by atoms with van der Waals surface area (Å²) in [7, 11) is -2.25. The van der Waals surface area contributed by atoms with E-state index in [-0.39, 0.29) is 10.6 Å². The zero-order valence-electron chi connectivity index (χ0n) is 13.3. The van der Waals surface area contributed by atoms with E-state index in [1.807, 2.05) is 0 Å². The van der Waals surface area contributed by atoms with Gasteiger partial charge in [0.1, 0.15) is 4.90 Å². The van der Waals surface area contributed by atoms with E-state index in [2.05, 4.69) is 32.5 Å². The zero-order valence-corrected chi connectivity index (χ0v) is 16.5. The second kappa shape index (κ2) is 8.16. The van der Waals surface area contributed by atoms with Crippen LogP contribution in [0, 0.1) is 0 Å². The molecule has 23 heavy (non-hydrogen) atoms. The van der Waals surface area contributed by atoms with Gasteiger partial charge in [0.05, 0.1) is 11.6 Å². The molecule has 1 aromatic rings. The van der Waals surface area contributed by atoms with Gasteiger partial charge in [-0.05, 0) is 54.4 Å². The standard InChI is InChI=1S/C15H22BrClN2O3S/c1-11-5-3-4-7-19(11)8-6-18-23(20,21)14-10-12(17)9-13(16)15(14)22-2/h9-11,18H,3-8H2,1-2H3. The molecule has 1 saturated heterocycles. The number of benzene rings is 1. The Kier molecular flexibility index (Phi) is 6.74. The summed E-state index contributed by atoms with van der Waals surface area (Å²) in [4.78, 5) is 2.36. The molecule has 1 atom stereocenters. The normalized spacial score (nSPS) is 19.7. The number of ether oxygens (including phenoxy) is 1. The summed E-state index contributed by atoms with van der Waals surface area (Å²) in [6, 6.07) is 3.51. The van der Waals surface area contributed by atoms with Crippen molar-refractivity contribution >= 4 is 37.6 Å². The van der Waals surface area contributed by atoms with Crippen molar-refractivity contribution in [3.05, 3.63) is 21.6 Å². The number of methoxy groups -OCH3 is 1. The molecule has 1 aromatic carbocycles. The van der Waals surface area contributed by atoms with Crippen LogP contribution in [0.15, 0.2) is 21.5 Å². The number of hydrogen-bond acceptors (Lipinski definition) is 4. The van der Waals surface area contributed by atoms with Crippen molar-refractivity contribution in [2.45, 2.75) is 37.1 Å². The van der Waals surface area contributed by atoms with Gasteiger partial charge in [0.15, 0.2) is 5.75 Å². The number of sulfonamides is 1. The Hall–Kier alpha value is -0.340. The van der Waals surface area contributed by atoms with E-state index in [1.165, 1.54) is 32.4 Å². The molecule has 0 spiro atoms. The lowest BCUT2D eigenvalue weighted by atomic mass is 10.0. The first kappa shape index (κ1) is 19.0. The molecule has 2 rings (SSSR count). The van der Waals surface area contributed by atoms with Crippen molar-refractivity contribution in [2.24, 2.45) is 0 Å². The SMILES string of the molecule is COc1c(Br)cc(Cl)cc1S(=O)(=O)NCCN1CCCCC1C. The van der Waals surface area contributed by atoms with Crippen LogP contribution in [0.5, 0.6) is 5.75 Å². The first-order chi connectivity index (χ1) is 10.8. The molecule has 0 saturated carbocycles. The van der Waals surface area contributed by atoms with Gasteiger partial charge in [0.2, 0.25) is 10.0 Å². The Bertz CT molecular complexity index is 654. The summed E-state index contributed by atoms with van der Waals surface area (Å²) in [5.41, 5.74) is 0. The molecule has 1 unspecified atom stereocenters. The first-order valence-corrected chi connectivity index (χ1v) is 10.3. The molecule has 130 valence electrons. The van der Waals surface area contributed by atoms with Crippen LogP contribution in [0.1, 0.15) is 26.2 Å². The van der Waals surface area contributed by atoms with E-state index in [4.69, 9.17) is 16.3 Å². The zero-order chi connectivity index (χ0) is 17.0. The molecule has 0 aromatic heterocycles. The highest BCUT2D eigenvalue weighted by Gasteiger charge is 2.23. The van der Waals surface area contributed by atoms with E-state index in [0.29, 0.717) is 28.6 Å². The largest absolute Gasteiger partial charge is 0.494 e.